The van der Waals surface area contributed by atoms with Crippen LogP contribution in [0, 0.1) is 5.92 Å². The van der Waals surface area contributed by atoms with Crippen molar-refractivity contribution < 1.29 is 46.9 Å². The highest BCUT2D eigenvalue weighted by atomic mass is 31.2. The van der Waals surface area contributed by atoms with E-state index < -0.39 is 62.5 Å². The number of aliphatic hydroxyl groups excluding tert-OH is 1. The number of halogens is 1. The molecule has 0 saturated carbocycles. The van der Waals surface area contributed by atoms with E-state index in [9.17, 15) is 19.3 Å². The van der Waals surface area contributed by atoms with Gasteiger partial charge in [-0.3, -0.25) is 18.7 Å². The predicted octanol–water partition coefficient (Wildman–Crippen LogP) is 3.73. The summed E-state index contributed by atoms with van der Waals surface area (Å²) < 4.78 is 60.3. The molecule has 2 aromatic heterocycles. The summed E-state index contributed by atoms with van der Waals surface area (Å²) in [4.78, 5) is 39.5. The molecule has 1 aliphatic rings. The quantitative estimate of drug-likeness (QED) is 0.142. The molecule has 50 heavy (non-hydrogen) atoms. The zero-order chi connectivity index (χ0) is 37.0. The smallest absolute Gasteiger partial charge is 0.459 e. The minimum absolute atomic E-state index is 0.0142. The lowest BCUT2D eigenvalue weighted by atomic mass is 9.98. The molecule has 0 bridgehead atoms. The van der Waals surface area contributed by atoms with E-state index in [2.05, 4.69) is 20.0 Å². The maximum atomic E-state index is 16.4. The van der Waals surface area contributed by atoms with Crippen molar-refractivity contribution >= 4 is 42.6 Å². The number of ether oxygens (including phenoxy) is 3. The maximum absolute atomic E-state index is 16.4. The number of carbonyl (C=O) groups excluding carboxylic acids is 2. The Kier molecular flexibility index (Phi) is 12.4. The molecule has 1 saturated heterocycles. The number of benzene rings is 1. The monoisotopic (exact) mass is 723 g/mol. The fourth-order valence-corrected chi connectivity index (χ4v) is 7.01. The highest BCUT2D eigenvalue weighted by Crippen LogP contribution is 2.49. The van der Waals surface area contributed by atoms with Gasteiger partial charge in [-0.1, -0.05) is 32.0 Å². The number of hydrogen-bond acceptors (Lipinski definition) is 14. The summed E-state index contributed by atoms with van der Waals surface area (Å²) >= 11 is 0. The van der Waals surface area contributed by atoms with E-state index in [1.165, 1.54) is 24.1 Å². The Morgan fingerprint density at radius 3 is 2.56 bits per heavy atom. The van der Waals surface area contributed by atoms with Crippen LogP contribution in [0.25, 0.3) is 11.2 Å². The van der Waals surface area contributed by atoms with Crippen molar-refractivity contribution in [3.63, 3.8) is 0 Å². The van der Waals surface area contributed by atoms with Crippen molar-refractivity contribution in [2.24, 2.45) is 5.92 Å². The van der Waals surface area contributed by atoms with Crippen LogP contribution in [0.2, 0.25) is 0 Å². The first-order valence-electron chi connectivity index (χ1n) is 16.2. The number of hydrogen-bond donors (Lipinski definition) is 3. The predicted molar refractivity (Wildman–Crippen MR) is 182 cm³/mol. The van der Waals surface area contributed by atoms with Gasteiger partial charge in [0.1, 0.15) is 24.0 Å². The second-order valence-electron chi connectivity index (χ2n) is 13.1. The number of aliphatic hydroxyl groups is 1. The van der Waals surface area contributed by atoms with Gasteiger partial charge in [-0.25, -0.2) is 13.9 Å². The SMILES string of the molecule is COC(=O)CCc1ccccc1OP(=O)(N[C@@H](CC(C)C)C(=O)OC(C)C)OC[C@H]1O[C@@H](n2cnc3c(N(C)C)nc(N)nc32)[C@](C)(F)[C@@H]1O. The van der Waals surface area contributed by atoms with E-state index in [0.717, 1.165) is 6.92 Å². The number of alkyl halides is 1. The van der Waals surface area contributed by atoms with Gasteiger partial charge in [-0.15, -0.1) is 0 Å². The molecule has 0 spiro atoms. The van der Waals surface area contributed by atoms with Crippen LogP contribution in [0.15, 0.2) is 30.6 Å². The Balaban J connectivity index is 1.65. The van der Waals surface area contributed by atoms with E-state index in [1.807, 2.05) is 13.8 Å². The number of anilines is 2. The van der Waals surface area contributed by atoms with Gasteiger partial charge in [0.2, 0.25) is 5.95 Å². The van der Waals surface area contributed by atoms with E-state index in [1.54, 1.807) is 51.0 Å². The number of aromatic nitrogens is 4. The number of methoxy groups -OCH3 is 1. The van der Waals surface area contributed by atoms with Crippen molar-refractivity contribution in [3.8, 4) is 5.75 Å². The summed E-state index contributed by atoms with van der Waals surface area (Å²) in [7, 11) is 0.211. The molecule has 6 atom stereocenters. The Hall–Kier alpha value is -3.89. The van der Waals surface area contributed by atoms with Gasteiger partial charge < -0.3 is 34.5 Å². The molecule has 4 rings (SSSR count). The number of nitrogens with two attached hydrogens (primary N) is 1. The third-order valence-electron chi connectivity index (χ3n) is 7.90. The fraction of sp³-hybridized carbons (Fsp3) is 0.594. The molecule has 18 heteroatoms. The van der Waals surface area contributed by atoms with Crippen molar-refractivity contribution in [1.29, 1.82) is 0 Å². The highest BCUT2D eigenvalue weighted by molar-refractivity contribution is 7.52. The molecule has 276 valence electrons. The minimum Gasteiger partial charge on any atom is -0.469 e. The van der Waals surface area contributed by atoms with Crippen LogP contribution in [-0.2, 0) is 39.3 Å². The first-order chi connectivity index (χ1) is 23.5. The molecular weight excluding hydrogens is 676 g/mol. The summed E-state index contributed by atoms with van der Waals surface area (Å²) in [6, 6.07) is 5.43. The minimum atomic E-state index is -4.54. The van der Waals surface area contributed by atoms with Crippen LogP contribution in [0.4, 0.5) is 16.2 Å². The third kappa shape index (κ3) is 9.06. The number of para-hydroxylation sites is 1. The van der Waals surface area contributed by atoms with Gasteiger partial charge in [-0.2, -0.15) is 15.1 Å². The number of imidazole rings is 1. The molecule has 1 aliphatic heterocycles. The number of nitrogen functional groups attached to an aromatic ring is 1. The zero-order valence-corrected chi connectivity index (χ0v) is 30.4. The van der Waals surface area contributed by atoms with Crippen LogP contribution in [-0.4, -0.2) is 94.4 Å². The Morgan fingerprint density at radius 2 is 1.92 bits per heavy atom. The fourth-order valence-electron chi connectivity index (χ4n) is 5.46. The summed E-state index contributed by atoms with van der Waals surface area (Å²) in [5.74, 6) is -0.763. The van der Waals surface area contributed by atoms with Crippen molar-refractivity contribution in [2.45, 2.75) is 90.1 Å². The standard InChI is InChI=1S/C32H47FN7O9P/c1-18(2)15-21(29(43)47-19(3)4)38-50(44,49-22-12-10-9-11-20(22)13-14-24(41)45-8)46-16-23-26(42)32(5,33)30(48-23)40-17-35-25-27(39(6)7)36-31(34)37-28(25)40/h9-12,17-19,21,23,26,30,42H,13-16H2,1-8H3,(H,38,44)(H2,34,36,37)/t21-,23+,26+,30+,32+,50?/m0/s1. The first-order valence-corrected chi connectivity index (χ1v) is 17.8. The molecule has 0 amide bonds. The lowest BCUT2D eigenvalue weighted by Gasteiger charge is -2.28. The van der Waals surface area contributed by atoms with Gasteiger partial charge in [0.05, 0.1) is 26.1 Å². The molecule has 1 fully saturated rings. The molecule has 16 nitrogen and oxygen atoms in total. The Morgan fingerprint density at radius 1 is 1.22 bits per heavy atom. The van der Waals surface area contributed by atoms with E-state index in [4.69, 9.17) is 29.0 Å². The Labute approximate surface area is 290 Å². The third-order valence-corrected chi connectivity index (χ3v) is 9.45. The van der Waals surface area contributed by atoms with Crippen LogP contribution >= 0.6 is 7.75 Å². The highest BCUT2D eigenvalue weighted by Gasteiger charge is 2.56. The Bertz CT molecular complexity index is 1700. The molecule has 4 N–H and O–H groups in total. The number of rotatable bonds is 16. The lowest BCUT2D eigenvalue weighted by molar-refractivity contribution is -0.150. The topological polar surface area (TPSA) is 202 Å². The first kappa shape index (κ1) is 38.9. The van der Waals surface area contributed by atoms with Crippen molar-refractivity contribution in [3.05, 3.63) is 36.2 Å². The van der Waals surface area contributed by atoms with Crippen molar-refractivity contribution in [1.82, 2.24) is 24.6 Å². The van der Waals surface area contributed by atoms with E-state index in [-0.39, 0.29) is 42.5 Å². The molecule has 1 aromatic carbocycles. The number of esters is 2. The zero-order valence-electron chi connectivity index (χ0n) is 29.5. The largest absolute Gasteiger partial charge is 0.469 e. The van der Waals surface area contributed by atoms with E-state index in [0.29, 0.717) is 16.9 Å². The summed E-state index contributed by atoms with van der Waals surface area (Å²) in [5, 5.41) is 13.9. The van der Waals surface area contributed by atoms with Crippen LogP contribution in [0.3, 0.4) is 0 Å². The van der Waals surface area contributed by atoms with Gasteiger partial charge in [-0.05, 0) is 51.2 Å². The van der Waals surface area contributed by atoms with Crippen LogP contribution in [0.5, 0.6) is 5.75 Å². The average molecular weight is 724 g/mol. The van der Waals surface area contributed by atoms with Crippen LogP contribution < -0.4 is 20.2 Å². The number of nitrogens with one attached hydrogen (secondary N) is 1. The number of fused-ring (bicyclic) bond motifs is 1. The van der Waals surface area contributed by atoms with Gasteiger partial charge in [0.25, 0.3) is 0 Å². The summed E-state index contributed by atoms with van der Waals surface area (Å²) in [6.07, 6.45) is -3.37. The molecule has 0 radical (unpaired) electrons. The molecule has 0 aliphatic carbocycles. The second kappa shape index (κ2) is 16.0. The molecule has 1 unspecified atom stereocenters. The molecular formula is C32H47FN7O9P. The maximum Gasteiger partial charge on any atom is 0.459 e. The number of aryl methyl sites for hydroxylation is 1. The van der Waals surface area contributed by atoms with Gasteiger partial charge in [0.15, 0.2) is 28.9 Å². The molecule has 3 heterocycles. The average Bonchev–Trinajstić information content (AvgIpc) is 3.54. The normalized spacial score (nSPS) is 22.4. The van der Waals surface area contributed by atoms with Crippen molar-refractivity contribution in [2.75, 3.05) is 38.4 Å². The lowest BCUT2D eigenvalue weighted by Crippen LogP contribution is -2.42. The number of carbonyl (C=O) groups is 2. The van der Waals surface area contributed by atoms with Gasteiger partial charge >= 0.3 is 19.7 Å². The van der Waals surface area contributed by atoms with Crippen LogP contribution in [0.1, 0.15) is 59.3 Å². The summed E-state index contributed by atoms with van der Waals surface area (Å²) in [5.41, 5.74) is 4.53. The van der Waals surface area contributed by atoms with Gasteiger partial charge in [0, 0.05) is 20.5 Å². The molecule has 3 aromatic rings. The second-order valence-corrected chi connectivity index (χ2v) is 14.8. The number of nitrogens with zero attached hydrogens (tertiary/aromatic N) is 5. The van der Waals surface area contributed by atoms with E-state index >= 15 is 4.39 Å². The summed E-state index contributed by atoms with van der Waals surface area (Å²) in [6.45, 7) is 7.63.